The summed E-state index contributed by atoms with van der Waals surface area (Å²) in [4.78, 5) is 21.1. The van der Waals surface area contributed by atoms with Crippen molar-refractivity contribution >= 4 is 11.9 Å². The zero-order valence-electron chi connectivity index (χ0n) is 17.1. The molecule has 2 aromatic heterocycles. The van der Waals surface area contributed by atoms with E-state index in [1.807, 2.05) is 9.47 Å². The van der Waals surface area contributed by atoms with Crippen molar-refractivity contribution < 1.29 is 13.9 Å². The Bertz CT molecular complexity index is 780. The lowest BCUT2D eigenvalue weighted by atomic mass is 10.3. The highest BCUT2D eigenvalue weighted by molar-refractivity contribution is 5.91. The number of piperazine rings is 1. The average molecular weight is 403 g/mol. The number of amides is 1. The SMILES string of the molecule is CCc1nncn1CCNC(=NCCOC)N1CCN(C(=O)c2ccco2)CC1. The van der Waals surface area contributed by atoms with Gasteiger partial charge >= 0.3 is 0 Å². The third-order valence-corrected chi connectivity index (χ3v) is 4.80. The topological polar surface area (TPSA) is 101 Å². The van der Waals surface area contributed by atoms with Crippen molar-refractivity contribution in [2.75, 3.05) is 53.0 Å². The Morgan fingerprint density at radius 1 is 1.31 bits per heavy atom. The molecule has 0 aliphatic carbocycles. The van der Waals surface area contributed by atoms with E-state index in [9.17, 15) is 4.79 Å². The summed E-state index contributed by atoms with van der Waals surface area (Å²) in [6, 6.07) is 3.43. The molecule has 1 N–H and O–H groups in total. The molecule has 0 unspecified atom stereocenters. The van der Waals surface area contributed by atoms with Crippen LogP contribution >= 0.6 is 0 Å². The molecule has 2 aromatic rings. The Morgan fingerprint density at radius 3 is 2.79 bits per heavy atom. The number of nitrogens with one attached hydrogen (secondary N) is 1. The van der Waals surface area contributed by atoms with Gasteiger partial charge in [0.1, 0.15) is 12.2 Å². The third kappa shape index (κ3) is 5.57. The zero-order valence-corrected chi connectivity index (χ0v) is 17.1. The normalized spacial score (nSPS) is 15.0. The molecule has 1 amide bonds. The molecule has 0 atom stereocenters. The molecule has 10 heteroatoms. The first-order valence-electron chi connectivity index (χ1n) is 9.94. The molecule has 158 valence electrons. The van der Waals surface area contributed by atoms with E-state index >= 15 is 0 Å². The summed E-state index contributed by atoms with van der Waals surface area (Å²) in [6.07, 6.45) is 4.12. The van der Waals surface area contributed by atoms with Gasteiger partial charge in [-0.2, -0.15) is 0 Å². The van der Waals surface area contributed by atoms with Gasteiger partial charge in [0.25, 0.3) is 5.91 Å². The number of carbonyl (C=O) groups excluding carboxylic acids is 1. The van der Waals surface area contributed by atoms with E-state index in [4.69, 9.17) is 9.15 Å². The maximum Gasteiger partial charge on any atom is 0.289 e. The van der Waals surface area contributed by atoms with Crippen molar-refractivity contribution in [3.05, 3.63) is 36.3 Å². The van der Waals surface area contributed by atoms with Crippen LogP contribution in [0.1, 0.15) is 23.3 Å². The second-order valence-corrected chi connectivity index (χ2v) is 6.68. The van der Waals surface area contributed by atoms with Crippen LogP contribution < -0.4 is 5.32 Å². The van der Waals surface area contributed by atoms with Gasteiger partial charge in [0.15, 0.2) is 11.7 Å². The van der Waals surface area contributed by atoms with Gasteiger partial charge in [-0.3, -0.25) is 9.79 Å². The Labute approximate surface area is 170 Å². The number of hydrogen-bond donors (Lipinski definition) is 1. The van der Waals surface area contributed by atoms with E-state index < -0.39 is 0 Å². The first-order chi connectivity index (χ1) is 14.2. The molecule has 0 bridgehead atoms. The Balaban J connectivity index is 1.54. The molecule has 1 aliphatic rings. The van der Waals surface area contributed by atoms with Crippen LogP contribution in [0.25, 0.3) is 0 Å². The molecule has 1 saturated heterocycles. The number of aromatic nitrogens is 3. The molecule has 3 heterocycles. The maximum absolute atomic E-state index is 12.4. The fourth-order valence-corrected chi connectivity index (χ4v) is 3.22. The van der Waals surface area contributed by atoms with Crippen LogP contribution in [0.3, 0.4) is 0 Å². The van der Waals surface area contributed by atoms with Gasteiger partial charge in [0.05, 0.1) is 19.4 Å². The number of aliphatic imine (C=N–C) groups is 1. The second kappa shape index (κ2) is 10.6. The quantitative estimate of drug-likeness (QED) is 0.389. The summed E-state index contributed by atoms with van der Waals surface area (Å²) in [5.41, 5.74) is 0. The van der Waals surface area contributed by atoms with Gasteiger partial charge in [-0.15, -0.1) is 10.2 Å². The highest BCUT2D eigenvalue weighted by Crippen LogP contribution is 2.09. The number of hydrogen-bond acceptors (Lipinski definition) is 6. The van der Waals surface area contributed by atoms with Crippen molar-refractivity contribution in [3.63, 3.8) is 0 Å². The molecule has 0 radical (unpaired) electrons. The average Bonchev–Trinajstić information content (AvgIpc) is 3.44. The lowest BCUT2D eigenvalue weighted by Crippen LogP contribution is -2.54. The fraction of sp³-hybridized carbons (Fsp3) is 0.579. The maximum atomic E-state index is 12.4. The molecule has 0 spiro atoms. The summed E-state index contributed by atoms with van der Waals surface area (Å²) in [5.74, 6) is 2.11. The van der Waals surface area contributed by atoms with Crippen molar-refractivity contribution in [2.24, 2.45) is 4.99 Å². The highest BCUT2D eigenvalue weighted by Gasteiger charge is 2.25. The van der Waals surface area contributed by atoms with E-state index in [0.29, 0.717) is 51.6 Å². The minimum absolute atomic E-state index is 0.0693. The van der Waals surface area contributed by atoms with Crippen LogP contribution in [-0.2, 0) is 17.7 Å². The predicted molar refractivity (Wildman–Crippen MR) is 108 cm³/mol. The van der Waals surface area contributed by atoms with E-state index in [2.05, 4.69) is 32.3 Å². The number of ether oxygens (including phenoxy) is 1. The summed E-state index contributed by atoms with van der Waals surface area (Å²) in [6.45, 7) is 7.33. The van der Waals surface area contributed by atoms with Crippen molar-refractivity contribution in [2.45, 2.75) is 19.9 Å². The second-order valence-electron chi connectivity index (χ2n) is 6.68. The molecule has 0 saturated carbocycles. The largest absolute Gasteiger partial charge is 0.459 e. The van der Waals surface area contributed by atoms with Crippen molar-refractivity contribution in [1.82, 2.24) is 29.9 Å². The summed E-state index contributed by atoms with van der Waals surface area (Å²) < 4.78 is 12.4. The number of furan rings is 1. The van der Waals surface area contributed by atoms with Crippen LogP contribution in [0.2, 0.25) is 0 Å². The van der Waals surface area contributed by atoms with Gasteiger partial charge < -0.3 is 28.8 Å². The summed E-state index contributed by atoms with van der Waals surface area (Å²) >= 11 is 0. The molecular formula is C19H29N7O3. The van der Waals surface area contributed by atoms with Crippen LogP contribution in [0, 0.1) is 0 Å². The fourth-order valence-electron chi connectivity index (χ4n) is 3.22. The van der Waals surface area contributed by atoms with Gasteiger partial charge in [-0.05, 0) is 12.1 Å². The lowest BCUT2D eigenvalue weighted by molar-refractivity contribution is 0.0657. The van der Waals surface area contributed by atoms with E-state index in [0.717, 1.165) is 24.7 Å². The van der Waals surface area contributed by atoms with Gasteiger partial charge in [0, 0.05) is 52.8 Å². The highest BCUT2D eigenvalue weighted by atomic mass is 16.5. The van der Waals surface area contributed by atoms with Crippen LogP contribution in [0.4, 0.5) is 0 Å². The number of methoxy groups -OCH3 is 1. The Morgan fingerprint density at radius 2 is 2.10 bits per heavy atom. The van der Waals surface area contributed by atoms with E-state index in [1.165, 1.54) is 6.26 Å². The first kappa shape index (κ1) is 20.8. The number of carbonyl (C=O) groups is 1. The first-order valence-corrected chi connectivity index (χ1v) is 9.94. The number of aryl methyl sites for hydroxylation is 1. The monoisotopic (exact) mass is 403 g/mol. The molecule has 29 heavy (non-hydrogen) atoms. The predicted octanol–water partition coefficient (Wildman–Crippen LogP) is 0.484. The smallest absolute Gasteiger partial charge is 0.289 e. The number of guanidine groups is 1. The van der Waals surface area contributed by atoms with Crippen LogP contribution in [0.5, 0.6) is 0 Å². The van der Waals surface area contributed by atoms with Gasteiger partial charge in [0.2, 0.25) is 0 Å². The standard InChI is InChI=1S/C19H29N7O3/c1-3-17-23-22-15-26(17)8-6-20-19(21-7-14-28-2)25-11-9-24(10-12-25)18(27)16-5-4-13-29-16/h4-5,13,15H,3,6-12,14H2,1-2H3,(H,20,21). The molecular weight excluding hydrogens is 374 g/mol. The molecule has 0 aromatic carbocycles. The van der Waals surface area contributed by atoms with Crippen LogP contribution in [0.15, 0.2) is 34.1 Å². The summed E-state index contributed by atoms with van der Waals surface area (Å²) in [7, 11) is 1.67. The Kier molecular flexibility index (Phi) is 7.62. The molecule has 1 fully saturated rings. The lowest BCUT2D eigenvalue weighted by Gasteiger charge is -2.36. The molecule has 10 nitrogen and oxygen atoms in total. The van der Waals surface area contributed by atoms with E-state index in [-0.39, 0.29) is 5.91 Å². The van der Waals surface area contributed by atoms with Gasteiger partial charge in [-0.25, -0.2) is 0 Å². The van der Waals surface area contributed by atoms with Crippen molar-refractivity contribution in [3.8, 4) is 0 Å². The Hall–Kier alpha value is -2.88. The number of rotatable bonds is 8. The third-order valence-electron chi connectivity index (χ3n) is 4.80. The van der Waals surface area contributed by atoms with Crippen LogP contribution in [-0.4, -0.2) is 89.4 Å². The van der Waals surface area contributed by atoms with E-state index in [1.54, 1.807) is 25.6 Å². The minimum atomic E-state index is -0.0693. The van der Waals surface area contributed by atoms with Crippen molar-refractivity contribution in [1.29, 1.82) is 0 Å². The molecule has 1 aliphatic heterocycles. The number of nitrogens with zero attached hydrogens (tertiary/aromatic N) is 6. The van der Waals surface area contributed by atoms with Gasteiger partial charge in [-0.1, -0.05) is 6.92 Å². The molecule has 3 rings (SSSR count). The zero-order chi connectivity index (χ0) is 20.5. The summed E-state index contributed by atoms with van der Waals surface area (Å²) in [5, 5.41) is 11.5. The minimum Gasteiger partial charge on any atom is -0.459 e.